The molecular formula is C29H32BrN3O3S. The van der Waals surface area contributed by atoms with Gasteiger partial charge in [-0.15, -0.1) is 0 Å². The van der Waals surface area contributed by atoms with Gasteiger partial charge in [0.15, 0.2) is 5.11 Å². The summed E-state index contributed by atoms with van der Waals surface area (Å²) in [5.74, 6) is -0.0494. The molecule has 0 aliphatic carbocycles. The smallest absolute Gasteiger partial charge is 0.261 e. The standard InChI is InChI=1S/C29H32BrN3O3S/c1-5-6-17-36-25-16-11-21(30)18-24(25)27(35)33-28(37)32-23-14-12-22(13-15-23)31-26(34)19-7-9-20(10-8-19)29(2,3)4/h7-16,18H,5-6,17H2,1-4H3,(H,31,34)(H2,32,33,35,37). The Hall–Kier alpha value is -3.23. The Bertz CT molecular complexity index is 1250. The van der Waals surface area contributed by atoms with E-state index in [2.05, 4.69) is 59.6 Å². The lowest BCUT2D eigenvalue weighted by molar-refractivity contribution is 0.0972. The van der Waals surface area contributed by atoms with Crippen LogP contribution in [0.4, 0.5) is 11.4 Å². The van der Waals surface area contributed by atoms with Gasteiger partial charge in [0.05, 0.1) is 12.2 Å². The van der Waals surface area contributed by atoms with Crippen LogP contribution in [0, 0.1) is 0 Å². The highest BCUT2D eigenvalue weighted by molar-refractivity contribution is 9.10. The minimum absolute atomic E-state index is 0.0283. The average Bonchev–Trinajstić information content (AvgIpc) is 2.85. The third kappa shape index (κ3) is 8.40. The number of unbranched alkanes of at least 4 members (excludes halogenated alkanes) is 1. The van der Waals surface area contributed by atoms with Crippen molar-refractivity contribution in [2.24, 2.45) is 0 Å². The molecule has 0 unspecified atom stereocenters. The fraction of sp³-hybridized carbons (Fsp3) is 0.276. The Morgan fingerprint density at radius 2 is 1.51 bits per heavy atom. The number of carbonyl (C=O) groups excluding carboxylic acids is 2. The number of benzene rings is 3. The molecule has 194 valence electrons. The van der Waals surface area contributed by atoms with Gasteiger partial charge in [-0.25, -0.2) is 0 Å². The van der Waals surface area contributed by atoms with E-state index in [0.717, 1.165) is 17.3 Å². The third-order valence-electron chi connectivity index (χ3n) is 5.58. The predicted octanol–water partition coefficient (Wildman–Crippen LogP) is 7.30. The Kier molecular flexibility index (Phi) is 9.83. The van der Waals surface area contributed by atoms with Crippen molar-refractivity contribution in [3.63, 3.8) is 0 Å². The molecule has 0 heterocycles. The molecule has 0 fully saturated rings. The minimum Gasteiger partial charge on any atom is -0.493 e. The van der Waals surface area contributed by atoms with E-state index in [0.29, 0.717) is 34.9 Å². The van der Waals surface area contributed by atoms with E-state index in [9.17, 15) is 9.59 Å². The molecule has 0 saturated carbocycles. The fourth-order valence-electron chi connectivity index (χ4n) is 3.43. The van der Waals surface area contributed by atoms with Crippen molar-refractivity contribution >= 4 is 56.4 Å². The monoisotopic (exact) mass is 581 g/mol. The van der Waals surface area contributed by atoms with E-state index < -0.39 is 0 Å². The number of carbonyl (C=O) groups is 2. The van der Waals surface area contributed by atoms with E-state index in [-0.39, 0.29) is 22.3 Å². The topological polar surface area (TPSA) is 79.5 Å². The van der Waals surface area contributed by atoms with Crippen molar-refractivity contribution in [2.45, 2.75) is 46.0 Å². The molecule has 3 aromatic rings. The predicted molar refractivity (Wildman–Crippen MR) is 158 cm³/mol. The van der Waals surface area contributed by atoms with Gasteiger partial charge in [-0.1, -0.05) is 62.2 Å². The molecule has 0 radical (unpaired) electrons. The van der Waals surface area contributed by atoms with Gasteiger partial charge in [0, 0.05) is 21.4 Å². The van der Waals surface area contributed by atoms with Crippen LogP contribution < -0.4 is 20.7 Å². The summed E-state index contributed by atoms with van der Waals surface area (Å²) in [5.41, 5.74) is 3.50. The molecule has 2 amide bonds. The number of hydrogen-bond acceptors (Lipinski definition) is 4. The summed E-state index contributed by atoms with van der Waals surface area (Å²) in [6, 6.07) is 20.0. The van der Waals surface area contributed by atoms with Crippen LogP contribution in [-0.4, -0.2) is 23.5 Å². The molecule has 0 aromatic heterocycles. The van der Waals surface area contributed by atoms with Crippen molar-refractivity contribution in [1.29, 1.82) is 0 Å². The molecule has 0 aliphatic heterocycles. The van der Waals surface area contributed by atoms with E-state index in [1.807, 2.05) is 30.3 Å². The van der Waals surface area contributed by atoms with Crippen LogP contribution in [0.3, 0.4) is 0 Å². The van der Waals surface area contributed by atoms with Gasteiger partial charge in [-0.2, -0.15) is 0 Å². The highest BCUT2D eigenvalue weighted by atomic mass is 79.9. The highest BCUT2D eigenvalue weighted by Gasteiger charge is 2.16. The van der Waals surface area contributed by atoms with Crippen molar-refractivity contribution in [2.75, 3.05) is 17.2 Å². The first-order valence-electron chi connectivity index (χ1n) is 12.1. The van der Waals surface area contributed by atoms with Gasteiger partial charge >= 0.3 is 0 Å². The molecule has 0 bridgehead atoms. The van der Waals surface area contributed by atoms with Crippen LogP contribution in [0.1, 0.15) is 66.8 Å². The zero-order valence-corrected chi connectivity index (χ0v) is 23.9. The van der Waals surface area contributed by atoms with Crippen LogP contribution in [-0.2, 0) is 5.41 Å². The number of nitrogens with one attached hydrogen (secondary N) is 3. The first-order chi connectivity index (χ1) is 17.6. The van der Waals surface area contributed by atoms with Crippen molar-refractivity contribution in [1.82, 2.24) is 5.32 Å². The second-order valence-electron chi connectivity index (χ2n) is 9.61. The molecule has 0 saturated heterocycles. The SMILES string of the molecule is CCCCOc1ccc(Br)cc1C(=O)NC(=S)Nc1ccc(NC(=O)c2ccc(C(C)(C)C)cc2)cc1. The molecule has 0 aliphatic rings. The van der Waals surface area contributed by atoms with E-state index in [1.165, 1.54) is 5.56 Å². The Balaban J connectivity index is 1.57. The maximum atomic E-state index is 12.9. The average molecular weight is 583 g/mol. The molecule has 3 aromatic carbocycles. The molecule has 37 heavy (non-hydrogen) atoms. The summed E-state index contributed by atoms with van der Waals surface area (Å²) >= 11 is 8.73. The number of rotatable bonds is 8. The summed E-state index contributed by atoms with van der Waals surface area (Å²) < 4.78 is 6.54. The number of halogens is 1. The van der Waals surface area contributed by atoms with Crippen molar-refractivity contribution < 1.29 is 14.3 Å². The summed E-state index contributed by atoms with van der Waals surface area (Å²) in [6.07, 6.45) is 1.90. The molecule has 8 heteroatoms. The molecular weight excluding hydrogens is 550 g/mol. The fourth-order valence-corrected chi connectivity index (χ4v) is 4.00. The molecule has 3 rings (SSSR count). The maximum Gasteiger partial charge on any atom is 0.261 e. The lowest BCUT2D eigenvalue weighted by Gasteiger charge is -2.19. The van der Waals surface area contributed by atoms with Gasteiger partial charge in [0.2, 0.25) is 0 Å². The summed E-state index contributed by atoms with van der Waals surface area (Å²) in [5, 5.41) is 8.74. The van der Waals surface area contributed by atoms with E-state index in [1.54, 1.807) is 36.4 Å². The minimum atomic E-state index is -0.369. The molecule has 3 N–H and O–H groups in total. The van der Waals surface area contributed by atoms with Crippen LogP contribution in [0.25, 0.3) is 0 Å². The molecule has 0 atom stereocenters. The number of ether oxygens (including phenoxy) is 1. The summed E-state index contributed by atoms with van der Waals surface area (Å²) in [7, 11) is 0. The van der Waals surface area contributed by atoms with E-state index in [4.69, 9.17) is 17.0 Å². The molecule has 0 spiro atoms. The van der Waals surface area contributed by atoms with Crippen LogP contribution in [0.2, 0.25) is 0 Å². The second kappa shape index (κ2) is 12.8. The van der Waals surface area contributed by atoms with Crippen LogP contribution in [0.15, 0.2) is 71.2 Å². The quantitative estimate of drug-likeness (QED) is 0.192. The van der Waals surface area contributed by atoms with Crippen molar-refractivity contribution in [3.8, 4) is 5.75 Å². The first kappa shape index (κ1) is 28.3. The number of amides is 2. The summed E-state index contributed by atoms with van der Waals surface area (Å²) in [6.45, 7) is 9.02. The van der Waals surface area contributed by atoms with Gasteiger partial charge in [-0.3, -0.25) is 14.9 Å². The Morgan fingerprint density at radius 1 is 0.892 bits per heavy atom. The van der Waals surface area contributed by atoms with Crippen LogP contribution in [0.5, 0.6) is 5.75 Å². The van der Waals surface area contributed by atoms with Gasteiger partial charge < -0.3 is 15.4 Å². The van der Waals surface area contributed by atoms with Gasteiger partial charge in [0.25, 0.3) is 11.8 Å². The Morgan fingerprint density at radius 3 is 2.11 bits per heavy atom. The number of hydrogen-bond donors (Lipinski definition) is 3. The number of thiocarbonyl (C=S) groups is 1. The highest BCUT2D eigenvalue weighted by Crippen LogP contribution is 2.24. The van der Waals surface area contributed by atoms with Crippen molar-refractivity contribution in [3.05, 3.63) is 87.9 Å². The maximum absolute atomic E-state index is 12.9. The van der Waals surface area contributed by atoms with Gasteiger partial charge in [-0.05, 0) is 84.2 Å². The lowest BCUT2D eigenvalue weighted by atomic mass is 9.87. The normalized spacial score (nSPS) is 10.9. The Labute approximate surface area is 232 Å². The van der Waals surface area contributed by atoms with E-state index >= 15 is 0 Å². The largest absolute Gasteiger partial charge is 0.493 e. The lowest BCUT2D eigenvalue weighted by Crippen LogP contribution is -2.34. The third-order valence-corrected chi connectivity index (χ3v) is 6.28. The summed E-state index contributed by atoms with van der Waals surface area (Å²) in [4.78, 5) is 25.5. The zero-order chi connectivity index (χ0) is 27.0. The van der Waals surface area contributed by atoms with Gasteiger partial charge in [0.1, 0.15) is 5.75 Å². The first-order valence-corrected chi connectivity index (χ1v) is 13.3. The zero-order valence-electron chi connectivity index (χ0n) is 21.5. The molecule has 6 nitrogen and oxygen atoms in total. The van der Waals surface area contributed by atoms with Crippen LogP contribution >= 0.6 is 28.1 Å². The second-order valence-corrected chi connectivity index (χ2v) is 10.9. The number of anilines is 2.